The minimum atomic E-state index is 0.527. The van der Waals surface area contributed by atoms with E-state index in [1.807, 2.05) is 5.57 Å². The quantitative estimate of drug-likeness (QED) is 0.647. The molecule has 0 N–H and O–H groups in total. The maximum Gasteiger partial charge on any atom is 0.00386 e. The maximum atomic E-state index is 2.67. The molecular formula is C19H35N. The van der Waals surface area contributed by atoms with E-state index < -0.39 is 0 Å². The van der Waals surface area contributed by atoms with Crippen molar-refractivity contribution in [3.05, 3.63) is 11.1 Å². The highest BCUT2D eigenvalue weighted by Gasteiger charge is 2.48. The summed E-state index contributed by atoms with van der Waals surface area (Å²) < 4.78 is 0. The first-order valence-electron chi connectivity index (χ1n) is 8.77. The highest BCUT2D eigenvalue weighted by Crippen LogP contribution is 2.57. The van der Waals surface area contributed by atoms with Crippen LogP contribution >= 0.6 is 0 Å². The van der Waals surface area contributed by atoms with E-state index in [9.17, 15) is 0 Å². The molecule has 116 valence electrons. The van der Waals surface area contributed by atoms with Crippen LogP contribution in [-0.2, 0) is 0 Å². The maximum absolute atomic E-state index is 2.67. The molecule has 1 fully saturated rings. The van der Waals surface area contributed by atoms with Crippen molar-refractivity contribution in [1.29, 1.82) is 0 Å². The summed E-state index contributed by atoms with van der Waals surface area (Å²) >= 11 is 0. The van der Waals surface area contributed by atoms with Gasteiger partial charge in [-0.2, -0.15) is 0 Å². The van der Waals surface area contributed by atoms with Gasteiger partial charge in [-0.1, -0.05) is 45.8 Å². The number of allylic oxidation sites excluding steroid dienone is 2. The van der Waals surface area contributed by atoms with E-state index in [2.05, 4.69) is 53.4 Å². The van der Waals surface area contributed by atoms with E-state index >= 15 is 0 Å². The summed E-state index contributed by atoms with van der Waals surface area (Å²) in [5, 5.41) is 0. The number of hydrogen-bond donors (Lipinski definition) is 0. The molecule has 1 heteroatoms. The molecule has 1 saturated heterocycles. The molecule has 20 heavy (non-hydrogen) atoms. The molecule has 0 amide bonds. The largest absolute Gasteiger partial charge is 0.301 e. The van der Waals surface area contributed by atoms with Crippen molar-refractivity contribution in [1.82, 2.24) is 4.90 Å². The highest BCUT2D eigenvalue weighted by molar-refractivity contribution is 5.33. The topological polar surface area (TPSA) is 3.24 Å². The number of hydrogen-bond acceptors (Lipinski definition) is 1. The normalized spacial score (nSPS) is 27.6. The Kier molecular flexibility index (Phi) is 4.69. The van der Waals surface area contributed by atoms with Crippen LogP contribution in [0.1, 0.15) is 67.7 Å². The fraction of sp³-hybridized carbons (Fsp3) is 0.895. The molecule has 1 unspecified atom stereocenters. The van der Waals surface area contributed by atoms with E-state index in [1.165, 1.54) is 32.4 Å². The van der Waals surface area contributed by atoms with Crippen LogP contribution in [-0.4, -0.2) is 24.0 Å². The van der Waals surface area contributed by atoms with Crippen LogP contribution in [0.15, 0.2) is 11.1 Å². The molecule has 1 nitrogen and oxygen atoms in total. The van der Waals surface area contributed by atoms with Gasteiger partial charge < -0.3 is 4.90 Å². The lowest BCUT2D eigenvalue weighted by Gasteiger charge is -2.46. The van der Waals surface area contributed by atoms with Crippen LogP contribution in [0.25, 0.3) is 0 Å². The monoisotopic (exact) mass is 277 g/mol. The van der Waals surface area contributed by atoms with Crippen molar-refractivity contribution >= 4 is 0 Å². The van der Waals surface area contributed by atoms with Crippen molar-refractivity contribution in [2.45, 2.75) is 73.8 Å². The zero-order valence-corrected chi connectivity index (χ0v) is 14.8. The van der Waals surface area contributed by atoms with Gasteiger partial charge >= 0.3 is 0 Å². The van der Waals surface area contributed by atoms with Gasteiger partial charge in [0.2, 0.25) is 0 Å². The Hall–Kier alpha value is -0.300. The average Bonchev–Trinajstić information content (AvgIpc) is 2.64. The van der Waals surface area contributed by atoms with Gasteiger partial charge in [0.1, 0.15) is 0 Å². The zero-order chi connectivity index (χ0) is 15.1. The number of nitrogens with zero attached hydrogens (tertiary/aromatic N) is 1. The molecule has 0 radical (unpaired) electrons. The van der Waals surface area contributed by atoms with Gasteiger partial charge in [0.15, 0.2) is 0 Å². The third-order valence-electron chi connectivity index (χ3n) is 6.05. The Balaban J connectivity index is 2.30. The van der Waals surface area contributed by atoms with E-state index in [4.69, 9.17) is 0 Å². The molecule has 0 aromatic rings. The molecule has 1 aliphatic carbocycles. The summed E-state index contributed by atoms with van der Waals surface area (Å²) in [7, 11) is 0. The molecule has 1 spiro atoms. The molecule has 1 heterocycles. The summed E-state index contributed by atoms with van der Waals surface area (Å²) in [6, 6.07) is 0.708. The predicted molar refractivity (Wildman–Crippen MR) is 88.9 cm³/mol. The Morgan fingerprint density at radius 3 is 1.90 bits per heavy atom. The fourth-order valence-electron chi connectivity index (χ4n) is 4.91. The van der Waals surface area contributed by atoms with Gasteiger partial charge in [0.05, 0.1) is 0 Å². The summed E-state index contributed by atoms with van der Waals surface area (Å²) in [6.45, 7) is 19.4. The molecule has 0 aromatic carbocycles. The van der Waals surface area contributed by atoms with Crippen LogP contribution in [0.5, 0.6) is 0 Å². The highest BCUT2D eigenvalue weighted by atomic mass is 15.2. The third kappa shape index (κ3) is 2.58. The fourth-order valence-corrected chi connectivity index (χ4v) is 4.91. The van der Waals surface area contributed by atoms with E-state index in [0.717, 1.165) is 17.8 Å². The Bertz CT molecular complexity index is 367. The number of piperidine rings is 1. The lowest BCUT2D eigenvalue weighted by atomic mass is 9.65. The SMILES string of the molecule is CC(C)C1=C(C(C)C)C2(CCN(C(C)C)CC2)C(C)C1. The molecular weight excluding hydrogens is 242 g/mol. The predicted octanol–water partition coefficient (Wildman–Crippen LogP) is 5.13. The lowest BCUT2D eigenvalue weighted by molar-refractivity contribution is 0.0725. The van der Waals surface area contributed by atoms with E-state index in [-0.39, 0.29) is 0 Å². The smallest absolute Gasteiger partial charge is 0.00386 e. The van der Waals surface area contributed by atoms with Crippen LogP contribution in [0.4, 0.5) is 0 Å². The van der Waals surface area contributed by atoms with Crippen molar-refractivity contribution in [3.63, 3.8) is 0 Å². The molecule has 1 aliphatic heterocycles. The molecule has 1 atom stereocenters. The second-order valence-corrected chi connectivity index (χ2v) is 8.14. The second-order valence-electron chi connectivity index (χ2n) is 8.14. The van der Waals surface area contributed by atoms with Crippen molar-refractivity contribution < 1.29 is 0 Å². The number of likely N-dealkylation sites (tertiary alicyclic amines) is 1. The molecule has 2 aliphatic rings. The van der Waals surface area contributed by atoms with Gasteiger partial charge in [-0.15, -0.1) is 0 Å². The third-order valence-corrected chi connectivity index (χ3v) is 6.05. The summed E-state index contributed by atoms with van der Waals surface area (Å²) in [5.74, 6) is 2.31. The van der Waals surface area contributed by atoms with Crippen molar-refractivity contribution in [3.8, 4) is 0 Å². The molecule has 0 saturated carbocycles. The summed E-state index contributed by atoms with van der Waals surface area (Å²) in [5.41, 5.74) is 4.17. The van der Waals surface area contributed by atoms with Crippen LogP contribution in [0, 0.1) is 23.2 Å². The second kappa shape index (κ2) is 5.83. The van der Waals surface area contributed by atoms with E-state index in [1.54, 1.807) is 5.57 Å². The van der Waals surface area contributed by atoms with Crippen LogP contribution < -0.4 is 0 Å². The lowest BCUT2D eigenvalue weighted by Crippen LogP contribution is -2.46. The van der Waals surface area contributed by atoms with Gasteiger partial charge in [-0.3, -0.25) is 0 Å². The van der Waals surface area contributed by atoms with Crippen LogP contribution in [0.2, 0.25) is 0 Å². The van der Waals surface area contributed by atoms with Gasteiger partial charge in [-0.25, -0.2) is 0 Å². The average molecular weight is 277 g/mol. The zero-order valence-electron chi connectivity index (χ0n) is 14.8. The Morgan fingerprint density at radius 2 is 1.50 bits per heavy atom. The first kappa shape index (κ1) is 16.1. The first-order chi connectivity index (χ1) is 9.29. The summed E-state index contributed by atoms with van der Waals surface area (Å²) in [6.07, 6.45) is 4.12. The van der Waals surface area contributed by atoms with Gasteiger partial charge in [0.25, 0.3) is 0 Å². The Labute approximate surface area is 126 Å². The summed E-state index contributed by atoms with van der Waals surface area (Å²) in [4.78, 5) is 2.67. The standard InChI is InChI=1S/C19H35N/c1-13(2)17-12-16(7)19(18(17)14(3)4)8-10-20(11-9-19)15(5)6/h13-16H,8-12H2,1-7H3. The number of rotatable bonds is 3. The van der Waals surface area contributed by atoms with Gasteiger partial charge in [-0.05, 0) is 69.4 Å². The first-order valence-corrected chi connectivity index (χ1v) is 8.77. The van der Waals surface area contributed by atoms with E-state index in [0.29, 0.717) is 11.5 Å². The molecule has 2 rings (SSSR count). The van der Waals surface area contributed by atoms with Gasteiger partial charge in [0, 0.05) is 6.04 Å². The molecule has 0 bridgehead atoms. The Morgan fingerprint density at radius 1 is 0.950 bits per heavy atom. The van der Waals surface area contributed by atoms with Crippen molar-refractivity contribution in [2.24, 2.45) is 23.2 Å². The van der Waals surface area contributed by atoms with Crippen LogP contribution in [0.3, 0.4) is 0 Å². The van der Waals surface area contributed by atoms with Crippen molar-refractivity contribution in [2.75, 3.05) is 13.1 Å². The molecule has 0 aromatic heterocycles. The minimum absolute atomic E-state index is 0.527. The minimum Gasteiger partial charge on any atom is -0.301 e.